The molecule has 1 aliphatic carbocycles. The zero-order valence-electron chi connectivity index (χ0n) is 24.7. The van der Waals surface area contributed by atoms with Crippen molar-refractivity contribution in [2.45, 2.75) is 65.5 Å². The fraction of sp³-hybridized carbons (Fsp3) is 0.469. The number of likely N-dealkylation sites (tertiary alicyclic amines) is 1. The average molecular weight is 561 g/mol. The van der Waals surface area contributed by atoms with Gasteiger partial charge in [-0.3, -0.25) is 9.59 Å². The van der Waals surface area contributed by atoms with E-state index in [9.17, 15) is 14.7 Å². The first-order valence-electron chi connectivity index (χ1n) is 14.3. The number of aryl methyl sites for hydroxylation is 2. The molecule has 1 aliphatic heterocycles. The summed E-state index contributed by atoms with van der Waals surface area (Å²) in [6.45, 7) is 10.8. The van der Waals surface area contributed by atoms with E-state index in [1.165, 1.54) is 12.8 Å². The molecule has 4 heterocycles. The van der Waals surface area contributed by atoms with Crippen molar-refractivity contribution in [2.75, 3.05) is 20.1 Å². The van der Waals surface area contributed by atoms with Gasteiger partial charge in [0, 0.05) is 42.8 Å². The molecule has 3 aromatic heterocycles. The average Bonchev–Trinajstić information content (AvgIpc) is 3.54. The van der Waals surface area contributed by atoms with E-state index in [0.29, 0.717) is 59.0 Å². The Morgan fingerprint density at radius 3 is 2.66 bits per heavy atom. The Bertz CT molecular complexity index is 1580. The predicted molar refractivity (Wildman–Crippen MR) is 158 cm³/mol. The highest BCUT2D eigenvalue weighted by Gasteiger charge is 2.35. The van der Waals surface area contributed by atoms with Gasteiger partial charge in [-0.2, -0.15) is 5.10 Å². The number of hydrogen-bond acceptors (Lipinski definition) is 7. The van der Waals surface area contributed by atoms with Crippen LogP contribution >= 0.6 is 0 Å². The molecule has 4 aromatic rings. The number of hydrogen-bond donors (Lipinski definition) is 2. The normalized spacial score (nSPS) is 22.1. The summed E-state index contributed by atoms with van der Waals surface area (Å²) in [5.41, 5.74) is 2.20. The number of benzene rings is 1. The van der Waals surface area contributed by atoms with Crippen LogP contribution < -0.4 is 10.1 Å². The van der Waals surface area contributed by atoms with Gasteiger partial charge >= 0.3 is 0 Å². The van der Waals surface area contributed by atoms with E-state index in [1.54, 1.807) is 59.9 Å². The molecule has 1 aromatic carbocycles. The third kappa shape index (κ3) is 5.74. The van der Waals surface area contributed by atoms with Gasteiger partial charge in [-0.05, 0) is 76.6 Å². The second kappa shape index (κ2) is 11.3. The Balaban J connectivity index is 0.000000321. The number of nitrogens with one attached hydrogen (secondary N) is 1. The van der Waals surface area contributed by atoms with Crippen molar-refractivity contribution in [1.82, 2.24) is 19.8 Å². The molecule has 2 fully saturated rings. The number of amides is 1. The van der Waals surface area contributed by atoms with Gasteiger partial charge in [0.25, 0.3) is 5.91 Å². The van der Waals surface area contributed by atoms with Crippen LogP contribution in [-0.2, 0) is 0 Å². The van der Waals surface area contributed by atoms with Crippen molar-refractivity contribution in [3.8, 4) is 11.5 Å². The molecule has 0 bridgehead atoms. The largest absolute Gasteiger partial charge is 0.460 e. The van der Waals surface area contributed by atoms with Gasteiger partial charge in [0.1, 0.15) is 22.6 Å². The molecule has 9 nitrogen and oxygen atoms in total. The first-order valence-corrected chi connectivity index (χ1v) is 14.3. The fourth-order valence-corrected chi connectivity index (χ4v) is 5.81. The van der Waals surface area contributed by atoms with Gasteiger partial charge in [0.2, 0.25) is 0 Å². The molecular weight excluding hydrogens is 520 g/mol. The molecule has 1 saturated carbocycles. The number of nitrogens with zero attached hydrogens (tertiary/aromatic N) is 3. The summed E-state index contributed by atoms with van der Waals surface area (Å²) in [5, 5.41) is 18.6. The summed E-state index contributed by atoms with van der Waals surface area (Å²) in [4.78, 5) is 26.1. The molecular formula is C32H40N4O5. The smallest absolute Gasteiger partial charge is 0.255 e. The van der Waals surface area contributed by atoms with Crippen LogP contribution in [0.4, 0.5) is 0 Å². The quantitative estimate of drug-likeness (QED) is 0.298. The van der Waals surface area contributed by atoms with Crippen LogP contribution in [0.1, 0.15) is 72.1 Å². The molecule has 9 heteroatoms. The first kappa shape index (κ1) is 28.8. The van der Waals surface area contributed by atoms with E-state index < -0.39 is 5.60 Å². The number of fused-ring (bicyclic) bond motifs is 2. The lowest BCUT2D eigenvalue weighted by atomic mass is 9.74. The second-order valence-corrected chi connectivity index (χ2v) is 12.0. The van der Waals surface area contributed by atoms with Crippen LogP contribution in [0.2, 0.25) is 0 Å². The zero-order chi connectivity index (χ0) is 29.5. The molecule has 6 rings (SSSR count). The van der Waals surface area contributed by atoms with Gasteiger partial charge in [-0.25, -0.2) is 4.52 Å². The van der Waals surface area contributed by atoms with Crippen molar-refractivity contribution in [1.29, 1.82) is 0 Å². The molecule has 0 spiro atoms. The molecule has 218 valence electrons. The number of rotatable bonds is 6. The van der Waals surface area contributed by atoms with Gasteiger partial charge in [-0.15, -0.1) is 0 Å². The zero-order valence-corrected chi connectivity index (χ0v) is 24.7. The SMILES string of the molecule is CNC1CC(C(C)C)C1.Cc1oc2cc(Oc3ccnn4cc(C(=O)N5CCC(C)(O)C5)c(C)c34)ccc2c1C=O. The lowest BCUT2D eigenvalue weighted by Crippen LogP contribution is -2.40. The van der Waals surface area contributed by atoms with Crippen molar-refractivity contribution in [3.63, 3.8) is 0 Å². The van der Waals surface area contributed by atoms with Gasteiger partial charge in [-0.1, -0.05) is 13.8 Å². The molecule has 0 radical (unpaired) electrons. The van der Waals surface area contributed by atoms with Crippen molar-refractivity contribution >= 4 is 28.7 Å². The molecule has 41 heavy (non-hydrogen) atoms. The van der Waals surface area contributed by atoms with E-state index in [2.05, 4.69) is 31.3 Å². The number of ether oxygens (including phenoxy) is 1. The maximum absolute atomic E-state index is 13.1. The fourth-order valence-electron chi connectivity index (χ4n) is 5.81. The van der Waals surface area contributed by atoms with E-state index in [0.717, 1.165) is 35.1 Å². The van der Waals surface area contributed by atoms with Crippen molar-refractivity contribution in [3.05, 3.63) is 59.1 Å². The number of furan rings is 1. The van der Waals surface area contributed by atoms with Crippen LogP contribution in [0.5, 0.6) is 11.5 Å². The Morgan fingerprint density at radius 2 is 2.02 bits per heavy atom. The van der Waals surface area contributed by atoms with E-state index in [4.69, 9.17) is 9.15 Å². The number of aldehydes is 1. The Hall–Kier alpha value is -3.69. The first-order chi connectivity index (χ1) is 19.5. The summed E-state index contributed by atoms with van der Waals surface area (Å²) in [6.07, 6.45) is 7.44. The molecule has 1 amide bonds. The summed E-state index contributed by atoms with van der Waals surface area (Å²) < 4.78 is 13.5. The summed E-state index contributed by atoms with van der Waals surface area (Å²) in [5.74, 6) is 3.41. The van der Waals surface area contributed by atoms with E-state index >= 15 is 0 Å². The monoisotopic (exact) mass is 560 g/mol. The maximum Gasteiger partial charge on any atom is 0.255 e. The highest BCUT2D eigenvalue weighted by Crippen LogP contribution is 2.35. The number of β-amino-alcohol motifs (C(OH)–C–C–N with tert-alkyl or cyclic N) is 1. The van der Waals surface area contributed by atoms with E-state index in [-0.39, 0.29) is 5.91 Å². The molecule has 1 saturated heterocycles. The maximum atomic E-state index is 13.1. The summed E-state index contributed by atoms with van der Waals surface area (Å²) in [7, 11) is 2.06. The molecule has 2 aliphatic rings. The third-order valence-electron chi connectivity index (χ3n) is 8.62. The summed E-state index contributed by atoms with van der Waals surface area (Å²) >= 11 is 0. The Labute approximate surface area is 240 Å². The highest BCUT2D eigenvalue weighted by atomic mass is 16.5. The van der Waals surface area contributed by atoms with Crippen molar-refractivity contribution in [2.24, 2.45) is 11.8 Å². The molecule has 1 unspecified atom stereocenters. The Morgan fingerprint density at radius 1 is 1.27 bits per heavy atom. The second-order valence-electron chi connectivity index (χ2n) is 12.0. The number of aromatic nitrogens is 2. The van der Waals surface area contributed by atoms with E-state index in [1.807, 2.05) is 6.92 Å². The van der Waals surface area contributed by atoms with Crippen LogP contribution in [0.25, 0.3) is 16.5 Å². The van der Waals surface area contributed by atoms with Crippen molar-refractivity contribution < 1.29 is 23.8 Å². The minimum Gasteiger partial charge on any atom is -0.460 e. The number of carbonyl (C=O) groups excluding carboxylic acids is 2. The molecule has 1 atom stereocenters. The Kier molecular flexibility index (Phi) is 7.94. The minimum atomic E-state index is -0.859. The number of aliphatic hydroxyl groups is 1. The molecule has 2 N–H and O–H groups in total. The number of carbonyl (C=O) groups is 2. The summed E-state index contributed by atoms with van der Waals surface area (Å²) in [6, 6.07) is 7.88. The van der Waals surface area contributed by atoms with Crippen LogP contribution in [0.15, 0.2) is 41.1 Å². The minimum absolute atomic E-state index is 0.134. The lowest BCUT2D eigenvalue weighted by Gasteiger charge is -2.37. The third-order valence-corrected chi connectivity index (χ3v) is 8.62. The standard InChI is InChI=1S/C24H23N3O5.C8H17N/c1-14-18(23(29)26-9-7-24(3,30)13-26)11-27-22(14)20(6-8-25-27)32-16-4-5-17-19(12-28)15(2)31-21(17)10-16;1-6(2)7-4-8(5-7)9-3/h4-6,8,10-12,30H,7,9,13H2,1-3H3;6-9H,4-5H2,1-3H3. The van der Waals surface area contributed by atoms with Crippen LogP contribution in [-0.4, -0.2) is 63.6 Å². The highest BCUT2D eigenvalue weighted by molar-refractivity contribution is 5.99. The van der Waals surface area contributed by atoms with Gasteiger partial charge in [0.05, 0.1) is 22.9 Å². The van der Waals surface area contributed by atoms with Crippen LogP contribution in [0, 0.1) is 25.7 Å². The lowest BCUT2D eigenvalue weighted by molar-refractivity contribution is 0.0572. The van der Waals surface area contributed by atoms with Gasteiger partial charge in [0.15, 0.2) is 12.0 Å². The van der Waals surface area contributed by atoms with Crippen LogP contribution in [0.3, 0.4) is 0 Å². The van der Waals surface area contributed by atoms with Gasteiger partial charge < -0.3 is 24.5 Å². The predicted octanol–water partition coefficient (Wildman–Crippen LogP) is 5.54. The topological polar surface area (TPSA) is 109 Å².